The SMILES string of the molecule is Cc1ccc(Nc2nc(-c3ccccc3)cc(N3CCCC3)n2)cc1C. The molecule has 0 spiro atoms. The van der Waals surface area contributed by atoms with Gasteiger partial charge in [-0.1, -0.05) is 36.4 Å². The molecule has 0 radical (unpaired) electrons. The molecular formula is C22H24N4. The van der Waals surface area contributed by atoms with Crippen LogP contribution in [0.3, 0.4) is 0 Å². The summed E-state index contributed by atoms with van der Waals surface area (Å²) < 4.78 is 0. The maximum atomic E-state index is 4.79. The van der Waals surface area contributed by atoms with Crippen LogP contribution < -0.4 is 10.2 Å². The highest BCUT2D eigenvalue weighted by Gasteiger charge is 2.16. The number of nitrogens with zero attached hydrogens (tertiary/aromatic N) is 3. The second kappa shape index (κ2) is 7.16. The molecule has 3 aromatic rings. The van der Waals surface area contributed by atoms with Crippen LogP contribution in [0.1, 0.15) is 24.0 Å². The van der Waals surface area contributed by atoms with Gasteiger partial charge in [-0.25, -0.2) is 4.98 Å². The first kappa shape index (κ1) is 16.6. The molecule has 1 aliphatic heterocycles. The molecule has 4 rings (SSSR count). The van der Waals surface area contributed by atoms with Gasteiger partial charge < -0.3 is 10.2 Å². The number of hydrogen-bond donors (Lipinski definition) is 1. The molecule has 2 heterocycles. The summed E-state index contributed by atoms with van der Waals surface area (Å²) in [7, 11) is 0. The number of aromatic nitrogens is 2. The molecule has 0 atom stereocenters. The van der Waals surface area contributed by atoms with Gasteiger partial charge >= 0.3 is 0 Å². The van der Waals surface area contributed by atoms with E-state index < -0.39 is 0 Å². The van der Waals surface area contributed by atoms with Crippen molar-refractivity contribution in [2.75, 3.05) is 23.3 Å². The van der Waals surface area contributed by atoms with Crippen LogP contribution in [0.4, 0.5) is 17.5 Å². The van der Waals surface area contributed by atoms with Crippen molar-refractivity contribution < 1.29 is 0 Å². The number of hydrogen-bond acceptors (Lipinski definition) is 4. The lowest BCUT2D eigenvalue weighted by Gasteiger charge is -2.18. The van der Waals surface area contributed by atoms with Crippen molar-refractivity contribution in [2.45, 2.75) is 26.7 Å². The van der Waals surface area contributed by atoms with E-state index in [4.69, 9.17) is 9.97 Å². The number of nitrogens with one attached hydrogen (secondary N) is 1. The van der Waals surface area contributed by atoms with E-state index in [0.717, 1.165) is 35.9 Å². The van der Waals surface area contributed by atoms with E-state index in [1.165, 1.54) is 24.0 Å². The highest BCUT2D eigenvalue weighted by molar-refractivity contribution is 5.67. The Bertz CT molecular complexity index is 899. The van der Waals surface area contributed by atoms with Crippen LogP contribution in [0.25, 0.3) is 11.3 Å². The molecule has 1 N–H and O–H groups in total. The Hall–Kier alpha value is -2.88. The van der Waals surface area contributed by atoms with Crippen molar-refractivity contribution in [1.82, 2.24) is 9.97 Å². The van der Waals surface area contributed by atoms with Crippen molar-refractivity contribution in [3.63, 3.8) is 0 Å². The molecule has 1 aromatic heterocycles. The molecular weight excluding hydrogens is 320 g/mol. The molecule has 0 amide bonds. The van der Waals surface area contributed by atoms with Crippen LogP contribution in [0.5, 0.6) is 0 Å². The van der Waals surface area contributed by atoms with Crippen LogP contribution in [0.15, 0.2) is 54.6 Å². The molecule has 4 nitrogen and oxygen atoms in total. The van der Waals surface area contributed by atoms with E-state index in [2.05, 4.69) is 60.5 Å². The molecule has 1 saturated heterocycles. The molecule has 1 aliphatic rings. The summed E-state index contributed by atoms with van der Waals surface area (Å²) in [6.45, 7) is 6.37. The minimum atomic E-state index is 0.650. The van der Waals surface area contributed by atoms with Gasteiger partial charge in [-0.3, -0.25) is 0 Å². The Kier molecular flexibility index (Phi) is 4.57. The lowest BCUT2D eigenvalue weighted by atomic mass is 10.1. The predicted molar refractivity (Wildman–Crippen MR) is 108 cm³/mol. The average molecular weight is 344 g/mol. The Labute approximate surface area is 154 Å². The Morgan fingerprint density at radius 2 is 1.62 bits per heavy atom. The minimum Gasteiger partial charge on any atom is -0.356 e. The van der Waals surface area contributed by atoms with E-state index >= 15 is 0 Å². The summed E-state index contributed by atoms with van der Waals surface area (Å²) in [4.78, 5) is 11.9. The zero-order chi connectivity index (χ0) is 17.9. The lowest BCUT2D eigenvalue weighted by molar-refractivity contribution is 0.931. The largest absolute Gasteiger partial charge is 0.356 e. The standard InChI is InChI=1S/C22H24N4/c1-16-10-11-19(14-17(16)2)23-22-24-20(18-8-4-3-5-9-18)15-21(25-22)26-12-6-7-13-26/h3-5,8-11,14-15H,6-7,12-13H2,1-2H3,(H,23,24,25). The Morgan fingerprint density at radius 1 is 0.846 bits per heavy atom. The molecule has 26 heavy (non-hydrogen) atoms. The van der Waals surface area contributed by atoms with Crippen LogP contribution in [0, 0.1) is 13.8 Å². The van der Waals surface area contributed by atoms with Gasteiger partial charge in [0.1, 0.15) is 5.82 Å². The van der Waals surface area contributed by atoms with Gasteiger partial charge in [0.2, 0.25) is 5.95 Å². The van der Waals surface area contributed by atoms with Crippen LogP contribution >= 0.6 is 0 Å². The lowest BCUT2D eigenvalue weighted by Crippen LogP contribution is -2.19. The first-order valence-electron chi connectivity index (χ1n) is 9.23. The van der Waals surface area contributed by atoms with E-state index in [1.54, 1.807) is 0 Å². The normalized spacial score (nSPS) is 13.8. The van der Waals surface area contributed by atoms with Gasteiger partial charge in [-0.15, -0.1) is 0 Å². The first-order valence-corrected chi connectivity index (χ1v) is 9.23. The molecule has 0 saturated carbocycles. The van der Waals surface area contributed by atoms with Crippen molar-refractivity contribution in [3.8, 4) is 11.3 Å². The van der Waals surface area contributed by atoms with Gasteiger partial charge in [0.25, 0.3) is 0 Å². The predicted octanol–water partition coefficient (Wildman–Crippen LogP) is 5.10. The molecule has 0 bridgehead atoms. The van der Waals surface area contributed by atoms with E-state index in [-0.39, 0.29) is 0 Å². The molecule has 4 heteroatoms. The van der Waals surface area contributed by atoms with Crippen molar-refractivity contribution >= 4 is 17.5 Å². The molecule has 1 fully saturated rings. The third kappa shape index (κ3) is 3.54. The number of benzene rings is 2. The second-order valence-electron chi connectivity index (χ2n) is 6.92. The van der Waals surface area contributed by atoms with Crippen LogP contribution in [0.2, 0.25) is 0 Å². The summed E-state index contributed by atoms with van der Waals surface area (Å²) in [6.07, 6.45) is 2.45. The topological polar surface area (TPSA) is 41.1 Å². The van der Waals surface area contributed by atoms with E-state index in [9.17, 15) is 0 Å². The van der Waals surface area contributed by atoms with Gasteiger partial charge in [0.15, 0.2) is 0 Å². The van der Waals surface area contributed by atoms with Gasteiger partial charge in [-0.2, -0.15) is 4.98 Å². The van der Waals surface area contributed by atoms with Gasteiger partial charge in [0, 0.05) is 30.4 Å². The van der Waals surface area contributed by atoms with E-state index in [1.807, 2.05) is 18.2 Å². The fraction of sp³-hybridized carbons (Fsp3) is 0.273. The summed E-state index contributed by atoms with van der Waals surface area (Å²) >= 11 is 0. The van der Waals surface area contributed by atoms with Gasteiger partial charge in [-0.05, 0) is 49.9 Å². The Morgan fingerprint density at radius 3 is 2.35 bits per heavy atom. The highest BCUT2D eigenvalue weighted by Crippen LogP contribution is 2.27. The smallest absolute Gasteiger partial charge is 0.229 e. The number of rotatable bonds is 4. The molecule has 2 aromatic carbocycles. The maximum Gasteiger partial charge on any atom is 0.229 e. The summed E-state index contributed by atoms with van der Waals surface area (Å²) in [5, 5.41) is 3.40. The zero-order valence-electron chi connectivity index (χ0n) is 15.4. The zero-order valence-corrected chi connectivity index (χ0v) is 15.4. The quantitative estimate of drug-likeness (QED) is 0.714. The maximum absolute atomic E-state index is 4.79. The Balaban J connectivity index is 1.72. The molecule has 0 unspecified atom stereocenters. The van der Waals surface area contributed by atoms with Crippen molar-refractivity contribution in [2.24, 2.45) is 0 Å². The minimum absolute atomic E-state index is 0.650. The third-order valence-electron chi connectivity index (χ3n) is 4.98. The fourth-order valence-corrected chi connectivity index (χ4v) is 3.30. The summed E-state index contributed by atoms with van der Waals surface area (Å²) in [5.41, 5.74) is 5.62. The van der Waals surface area contributed by atoms with Crippen LogP contribution in [-0.2, 0) is 0 Å². The van der Waals surface area contributed by atoms with Crippen LogP contribution in [-0.4, -0.2) is 23.1 Å². The number of anilines is 3. The average Bonchev–Trinajstić information content (AvgIpc) is 3.20. The highest BCUT2D eigenvalue weighted by atomic mass is 15.2. The summed E-state index contributed by atoms with van der Waals surface area (Å²) in [6, 6.07) is 18.8. The number of aryl methyl sites for hydroxylation is 2. The third-order valence-corrected chi connectivity index (χ3v) is 4.98. The monoisotopic (exact) mass is 344 g/mol. The fourth-order valence-electron chi connectivity index (χ4n) is 3.30. The molecule has 132 valence electrons. The second-order valence-corrected chi connectivity index (χ2v) is 6.92. The van der Waals surface area contributed by atoms with Crippen molar-refractivity contribution in [3.05, 3.63) is 65.7 Å². The van der Waals surface area contributed by atoms with E-state index in [0.29, 0.717) is 5.95 Å². The first-order chi connectivity index (χ1) is 12.7. The summed E-state index contributed by atoms with van der Waals surface area (Å²) in [5.74, 6) is 1.65. The van der Waals surface area contributed by atoms with Gasteiger partial charge in [0.05, 0.1) is 5.69 Å². The molecule has 0 aliphatic carbocycles. The van der Waals surface area contributed by atoms with Crippen molar-refractivity contribution in [1.29, 1.82) is 0 Å².